The third-order valence-electron chi connectivity index (χ3n) is 7.24. The molecule has 6 aromatic carbocycles. The zero-order valence-corrected chi connectivity index (χ0v) is 35.5. The van der Waals surface area contributed by atoms with Crippen LogP contribution in [-0.2, 0) is 0 Å². The van der Waals surface area contributed by atoms with Crippen molar-refractivity contribution >= 4 is 65.4 Å². The molecule has 8 aromatic rings. The van der Waals surface area contributed by atoms with Gasteiger partial charge in [0.2, 0.25) is 0 Å². The summed E-state index contributed by atoms with van der Waals surface area (Å²) < 4.78 is 19.0. The van der Waals surface area contributed by atoms with Crippen molar-refractivity contribution in [3.8, 4) is 17.2 Å². The molecular weight excluding hydrogens is 757 g/mol. The van der Waals surface area contributed by atoms with E-state index in [1.54, 1.807) is 56.2 Å². The van der Waals surface area contributed by atoms with Crippen molar-refractivity contribution in [1.29, 1.82) is 10.3 Å². The largest absolute Gasteiger partial charge is 0.507 e. The molecule has 304 valence electrons. The van der Waals surface area contributed by atoms with E-state index in [9.17, 15) is 10.2 Å². The van der Waals surface area contributed by atoms with Crippen molar-refractivity contribution in [3.63, 3.8) is 0 Å². The van der Waals surface area contributed by atoms with E-state index in [4.69, 9.17) is 13.3 Å². The average Bonchev–Trinajstić information content (AvgIpc) is 3.33. The second kappa shape index (κ2) is 31.9. The number of nitrogens with zero attached hydrogens (tertiary/aromatic N) is 2. The van der Waals surface area contributed by atoms with Crippen molar-refractivity contribution in [1.82, 2.24) is 9.97 Å². The number of hydrogen-bond acceptors (Lipinski definition) is 8. The minimum Gasteiger partial charge on any atom is -0.507 e. The Kier molecular flexibility index (Phi) is 26.4. The molecule has 0 unspecified atom stereocenters. The number of fused-ring (bicyclic) bond motifs is 3. The monoisotopic (exact) mass is 815 g/mol. The van der Waals surface area contributed by atoms with Gasteiger partial charge in [0.1, 0.15) is 17.2 Å². The lowest BCUT2D eigenvalue weighted by molar-refractivity contribution is 0.420. The Morgan fingerprint density at radius 3 is 1.22 bits per heavy atom. The molecule has 0 aliphatic rings. The first-order chi connectivity index (χ1) is 29.0. The molecule has 0 aliphatic heterocycles. The highest BCUT2D eigenvalue weighted by Gasteiger charge is 2.04. The lowest BCUT2D eigenvalue weighted by atomic mass is 10.1. The van der Waals surface area contributed by atoms with Crippen LogP contribution < -0.4 is 21.1 Å². The van der Waals surface area contributed by atoms with E-state index in [2.05, 4.69) is 20.3 Å². The molecule has 8 rings (SSSR count). The molecule has 0 aliphatic carbocycles. The first-order valence-electron chi connectivity index (χ1n) is 19.5. The molecule has 0 amide bonds. The third-order valence-corrected chi connectivity index (χ3v) is 8.45. The summed E-state index contributed by atoms with van der Waals surface area (Å²) in [6, 6.07) is 45.1. The molecule has 8 nitrogen and oxygen atoms in total. The number of benzene rings is 6. The topological polar surface area (TPSA) is 149 Å². The fourth-order valence-corrected chi connectivity index (χ4v) is 5.69. The van der Waals surface area contributed by atoms with Gasteiger partial charge in [0.05, 0.1) is 7.11 Å². The highest BCUT2D eigenvalue weighted by molar-refractivity contribution is 7.36. The SMILES string of the molecule is C.CC.CC.CC.Nc1ccc(O)c2ccccc12.[1H]N=Pc1ccc(O)c2ccccc12.[1H]N=Pc1ccc(OC)c2ccccc12.c1ccncc1.c1ccncc1. The van der Waals surface area contributed by atoms with Gasteiger partial charge in [-0.1, -0.05) is 134 Å². The van der Waals surface area contributed by atoms with Crippen LogP contribution in [0.5, 0.6) is 17.2 Å². The minimum absolute atomic E-state index is 0. The van der Waals surface area contributed by atoms with E-state index in [0.717, 1.165) is 48.7 Å². The number of ether oxygens (including phenoxy) is 1. The summed E-state index contributed by atoms with van der Waals surface area (Å²) in [6.45, 7) is 12.0. The van der Waals surface area contributed by atoms with Crippen LogP contribution in [0.3, 0.4) is 0 Å². The van der Waals surface area contributed by atoms with E-state index in [1.807, 2.05) is 163 Å². The van der Waals surface area contributed by atoms with Crippen molar-refractivity contribution in [3.05, 3.63) is 170 Å². The molecule has 0 fully saturated rings. The Morgan fingerprint density at radius 1 is 0.483 bits per heavy atom. The van der Waals surface area contributed by atoms with E-state index in [-0.39, 0.29) is 18.9 Å². The smallest absolute Gasteiger partial charge is 0.193 e. The lowest BCUT2D eigenvalue weighted by Gasteiger charge is -2.06. The Balaban J connectivity index is 0.000000724. The van der Waals surface area contributed by atoms with Crippen LogP contribution in [0.15, 0.2) is 170 Å². The minimum atomic E-state index is 0. The Morgan fingerprint density at radius 2 is 0.845 bits per heavy atom. The molecule has 0 spiro atoms. The number of nitrogens with two attached hydrogens (primary N) is 1. The van der Waals surface area contributed by atoms with Crippen LogP contribution in [0, 0.1) is 10.3 Å². The van der Waals surface area contributed by atoms with Crippen LogP contribution >= 0.6 is 16.7 Å². The van der Waals surface area contributed by atoms with Crippen LogP contribution in [0.25, 0.3) is 32.3 Å². The van der Waals surface area contributed by atoms with Gasteiger partial charge in [-0.25, -0.2) is 0 Å². The van der Waals surface area contributed by atoms with Crippen LogP contribution in [0.1, 0.15) is 49.0 Å². The third kappa shape index (κ3) is 16.9. The fourth-order valence-electron chi connectivity index (χ4n) is 4.81. The van der Waals surface area contributed by atoms with Gasteiger partial charge in [0.15, 0.2) is 2.82 Å². The highest BCUT2D eigenvalue weighted by Crippen LogP contribution is 2.29. The molecule has 0 saturated carbocycles. The first kappa shape index (κ1) is 48.0. The second-order valence-electron chi connectivity index (χ2n) is 10.5. The summed E-state index contributed by atoms with van der Waals surface area (Å²) in [5, 5.41) is 33.3. The number of anilines is 1. The summed E-state index contributed by atoms with van der Waals surface area (Å²) >= 11 is 0. The standard InChI is InChI=1S/C11H10NOP.C10H8NOP.C10H9NO.2C5H5N.3C2H6.CH4/c1-13-10-6-7-11(14-12)9-5-3-2-4-8(9)10;11-13-10-6-5-9(12)7-3-1-2-4-8(7)10;11-9-5-6-10(12)8-4-2-1-3-7(8)9;2*1-2-4-6-5-3-1;3*1-2;/h2-7,12H,1H3;1-6,11-12H;1-6,12H,11H2;2*1-5H;3*1-2H3;1H4/i/hH2. The molecule has 0 atom stereocenters. The van der Waals surface area contributed by atoms with Crippen molar-refractivity contribution in [2.45, 2.75) is 49.0 Å². The Labute approximate surface area is 351 Å². The van der Waals surface area contributed by atoms with E-state index >= 15 is 0 Å². The van der Waals surface area contributed by atoms with E-state index < -0.39 is 0 Å². The maximum absolute atomic E-state index is 9.58. The summed E-state index contributed by atoms with van der Waals surface area (Å²) in [4.78, 5) is 7.57. The molecule has 6 N–H and O–H groups in total. The van der Waals surface area contributed by atoms with Gasteiger partial charge in [0.25, 0.3) is 0 Å². The van der Waals surface area contributed by atoms with E-state index in [1.165, 1.54) is 0 Å². The number of aromatic nitrogens is 2. The number of phenolic OH excluding ortho intramolecular Hbond substituents is 2. The Hall–Kier alpha value is -6.20. The molecule has 2 aromatic heterocycles. The number of nitrogens with one attached hydrogen (secondary N) is 2. The van der Waals surface area contributed by atoms with Crippen LogP contribution in [-0.4, -0.2) is 27.3 Å². The van der Waals surface area contributed by atoms with Crippen LogP contribution in [0.2, 0.25) is 2.82 Å². The zero-order chi connectivity index (χ0) is 43.7. The normalized spacial score (nSPS) is 9.71. The van der Waals surface area contributed by atoms with Gasteiger partial charge >= 0.3 is 0 Å². The second-order valence-corrected chi connectivity index (χ2v) is 11.8. The van der Waals surface area contributed by atoms with Crippen molar-refractivity contribution in [2.24, 2.45) is 0 Å². The number of rotatable bonds is 3. The summed E-state index contributed by atoms with van der Waals surface area (Å²) in [5.74, 6) is 1.40. The maximum Gasteiger partial charge on any atom is 0.193 e. The average molecular weight is 816 g/mol. The quantitative estimate of drug-likeness (QED) is 0.0681. The number of phenols is 2. The predicted octanol–water partition coefficient (Wildman–Crippen LogP) is 14.1. The van der Waals surface area contributed by atoms with Crippen molar-refractivity contribution in [2.75, 3.05) is 12.8 Å². The number of aromatic hydroxyl groups is 2. The van der Waals surface area contributed by atoms with Gasteiger partial charge in [-0.3, -0.25) is 20.3 Å². The van der Waals surface area contributed by atoms with Gasteiger partial charge in [-0.05, 0) is 71.4 Å². The molecule has 0 radical (unpaired) electrons. The van der Waals surface area contributed by atoms with E-state index in [0.29, 0.717) is 22.4 Å². The first-order valence-corrected chi connectivity index (χ1v) is 20.3. The van der Waals surface area contributed by atoms with Gasteiger partial charge in [-0.15, -0.1) is 0 Å². The molecule has 0 saturated heterocycles. The summed E-state index contributed by atoms with van der Waals surface area (Å²) in [6.07, 6.45) is 7.00. The molecule has 58 heavy (non-hydrogen) atoms. The van der Waals surface area contributed by atoms with Crippen LogP contribution in [0.4, 0.5) is 5.69 Å². The highest BCUT2D eigenvalue weighted by atomic mass is 31.1. The van der Waals surface area contributed by atoms with Crippen molar-refractivity contribution < 1.29 is 17.8 Å². The summed E-state index contributed by atoms with van der Waals surface area (Å²) in [5.41, 5.74) is 6.41. The number of methoxy groups -OCH3 is 1. The van der Waals surface area contributed by atoms with Gasteiger partial charge in [-0.2, -0.15) is 0 Å². The predicted molar refractivity (Wildman–Crippen MR) is 254 cm³/mol. The van der Waals surface area contributed by atoms with Gasteiger partial charge in [0, 0.05) is 79.4 Å². The molecule has 10 heteroatoms. The summed E-state index contributed by atoms with van der Waals surface area (Å²) in [7, 11) is 2.93. The number of pyridine rings is 2. The number of nitrogen functional groups attached to an aromatic ring is 1. The maximum atomic E-state index is 9.58. The fraction of sp³-hybridized carbons (Fsp3) is 0.167. The molecular formula is C48H59N5O3P2. The molecule has 0 bridgehead atoms. The zero-order valence-electron chi connectivity index (χ0n) is 35.7. The number of hydrogen-bond donors (Lipinski definition) is 5. The Bertz CT molecular complexity index is 2250. The lowest BCUT2D eigenvalue weighted by Crippen LogP contribution is -1.95. The van der Waals surface area contributed by atoms with Gasteiger partial charge < -0.3 is 20.7 Å². The molecule has 2 heterocycles.